The summed E-state index contributed by atoms with van der Waals surface area (Å²) in [6.07, 6.45) is -14.5. The van der Waals surface area contributed by atoms with Crippen LogP contribution in [0.15, 0.2) is 11.8 Å². The second-order valence-corrected chi connectivity index (χ2v) is 15.1. The summed E-state index contributed by atoms with van der Waals surface area (Å²) in [5.74, 6) is -0.938. The zero-order chi connectivity index (χ0) is 39.3. The molecule has 4 heterocycles. The monoisotopic (exact) mass is 779 g/mol. The van der Waals surface area contributed by atoms with Crippen LogP contribution in [0.1, 0.15) is 32.1 Å². The molecular formula is C33H61N7O14. The number of aliphatic hydroxyl groups excluding tert-OH is 6. The smallest absolute Gasteiger partial charge is 0.215 e. The van der Waals surface area contributed by atoms with E-state index >= 15 is 0 Å². The van der Waals surface area contributed by atoms with Gasteiger partial charge in [-0.15, -0.1) is 0 Å². The lowest BCUT2D eigenvalue weighted by Crippen LogP contribution is -2.64. The van der Waals surface area contributed by atoms with Crippen LogP contribution < -0.4 is 39.3 Å². The molecule has 1 aliphatic carbocycles. The maximum Gasteiger partial charge on any atom is 0.215 e. The highest BCUT2D eigenvalue weighted by atomic mass is 16.8. The number of piperidine rings is 1. The van der Waals surface area contributed by atoms with Crippen LogP contribution in [0.3, 0.4) is 0 Å². The van der Waals surface area contributed by atoms with Crippen LogP contribution in [0.2, 0.25) is 0 Å². The average molecular weight is 780 g/mol. The molecule has 54 heavy (non-hydrogen) atoms. The molecule has 5 aliphatic rings. The molecular weight excluding hydrogens is 718 g/mol. The van der Waals surface area contributed by atoms with Crippen molar-refractivity contribution in [1.82, 2.24) is 10.6 Å². The number of nitrogens with one attached hydrogen (secondary N) is 2. The number of rotatable bonds is 16. The minimum Gasteiger partial charge on any atom is -0.467 e. The van der Waals surface area contributed by atoms with Gasteiger partial charge in [-0.1, -0.05) is 0 Å². The minimum atomic E-state index is -1.65. The summed E-state index contributed by atoms with van der Waals surface area (Å²) in [7, 11) is 0. The highest BCUT2D eigenvalue weighted by Crippen LogP contribution is 2.37. The normalized spacial score (nSPS) is 43.3. The fourth-order valence-electron chi connectivity index (χ4n) is 7.66. The number of ketones is 1. The van der Waals surface area contributed by atoms with Gasteiger partial charge in [0.15, 0.2) is 18.4 Å². The van der Waals surface area contributed by atoms with E-state index in [1.165, 1.54) is 0 Å². The maximum absolute atomic E-state index is 12.7. The van der Waals surface area contributed by atoms with Crippen molar-refractivity contribution in [3.05, 3.63) is 11.8 Å². The third kappa shape index (κ3) is 10.1. The SMILES string of the molecule is NCC(O)C(=O)C[C@@H]1C[C@H](N)[C@@H](O[C@H]2OC(CNCC3(O)CCNCC3)=CC[C@H]2N)[C@H](O[C@@H]2O[C@H](CO)[C@@H](O[C@H]3O[C@@H](CN)[C@@H](O)[C@H](O)[C@H]3N)[C@H]2O)[C@H]1O. The Morgan fingerprint density at radius 1 is 0.907 bits per heavy atom. The van der Waals surface area contributed by atoms with Crippen LogP contribution in [0.25, 0.3) is 0 Å². The molecule has 17 atom stereocenters. The van der Waals surface area contributed by atoms with Gasteiger partial charge in [0.2, 0.25) is 6.29 Å². The van der Waals surface area contributed by atoms with Gasteiger partial charge in [0.1, 0.15) is 60.7 Å². The van der Waals surface area contributed by atoms with Gasteiger partial charge in [0.25, 0.3) is 0 Å². The molecule has 21 nitrogen and oxygen atoms in total. The Labute approximate surface area is 313 Å². The molecule has 4 aliphatic heterocycles. The van der Waals surface area contributed by atoms with E-state index in [0.717, 1.165) is 0 Å². The quantitative estimate of drug-likeness (QED) is 0.0692. The molecule has 19 N–H and O–H groups in total. The summed E-state index contributed by atoms with van der Waals surface area (Å²) in [6.45, 7) is 0.883. The lowest BCUT2D eigenvalue weighted by molar-refractivity contribution is -0.283. The number of nitrogens with two attached hydrogens (primary N) is 5. The number of carbonyl (C=O) groups is 1. The van der Waals surface area contributed by atoms with Gasteiger partial charge < -0.3 is 103 Å². The van der Waals surface area contributed by atoms with Crippen LogP contribution >= 0.6 is 0 Å². The molecule has 0 spiro atoms. The van der Waals surface area contributed by atoms with E-state index < -0.39 is 122 Å². The van der Waals surface area contributed by atoms with Crippen LogP contribution in [0, 0.1) is 5.92 Å². The fraction of sp³-hybridized carbons (Fsp3) is 0.909. The first-order chi connectivity index (χ1) is 25.7. The number of aliphatic hydroxyl groups is 7. The van der Waals surface area contributed by atoms with E-state index in [2.05, 4.69) is 10.6 Å². The molecule has 0 amide bonds. The van der Waals surface area contributed by atoms with Crippen molar-refractivity contribution in [3.63, 3.8) is 0 Å². The number of hydrogen-bond acceptors (Lipinski definition) is 21. The van der Waals surface area contributed by atoms with Crippen molar-refractivity contribution >= 4 is 5.78 Å². The fourth-order valence-corrected chi connectivity index (χ4v) is 7.66. The highest BCUT2D eigenvalue weighted by molar-refractivity contribution is 5.83. The van der Waals surface area contributed by atoms with Crippen molar-refractivity contribution in [2.75, 3.05) is 45.9 Å². The standard InChI is InChI=1S/C33H61N7O14/c34-9-19(43)18(42)8-14-7-17(37)27(52-30-16(36)2-1-15(49-30)11-40-13-33(48)3-5-39-6-4-33)29(23(14)44)54-32-26(47)28(21(12-41)51-32)53-31-22(38)25(46)24(45)20(10-35)50-31/h1,14,16-17,19-32,39-41,43-48H,2-13,34-38H2/t14-,16+,17-,19?,20-,21+,22+,23-,24+,25+,26+,27+,28+,29+,30+,31+,32-/m0/s1. The summed E-state index contributed by atoms with van der Waals surface area (Å²) in [4.78, 5) is 12.7. The molecule has 1 unspecified atom stereocenters. The van der Waals surface area contributed by atoms with Gasteiger partial charge in [-0.05, 0) is 50.8 Å². The van der Waals surface area contributed by atoms with Crippen molar-refractivity contribution in [3.8, 4) is 0 Å². The van der Waals surface area contributed by atoms with Crippen molar-refractivity contribution < 1.29 is 69.0 Å². The molecule has 1 saturated carbocycles. The Morgan fingerprint density at radius 2 is 1.57 bits per heavy atom. The molecule has 5 rings (SSSR count). The average Bonchev–Trinajstić information content (AvgIpc) is 3.45. The maximum atomic E-state index is 12.7. The largest absolute Gasteiger partial charge is 0.467 e. The van der Waals surface area contributed by atoms with Gasteiger partial charge in [-0.2, -0.15) is 0 Å². The lowest BCUT2D eigenvalue weighted by atomic mass is 9.76. The molecule has 0 aromatic carbocycles. The Hall–Kier alpha value is -1.55. The van der Waals surface area contributed by atoms with E-state index in [9.17, 15) is 40.5 Å². The number of hydrogen-bond donors (Lipinski definition) is 14. The predicted octanol–water partition coefficient (Wildman–Crippen LogP) is -7.40. The Morgan fingerprint density at radius 3 is 2.24 bits per heavy atom. The second kappa shape index (κ2) is 19.3. The molecule has 3 saturated heterocycles. The number of carbonyl (C=O) groups excluding carboxylic acids is 1. The first-order valence-electron chi connectivity index (χ1n) is 18.7. The molecule has 0 bridgehead atoms. The zero-order valence-electron chi connectivity index (χ0n) is 30.3. The van der Waals surface area contributed by atoms with Crippen LogP contribution in [-0.2, 0) is 33.2 Å². The van der Waals surface area contributed by atoms with Gasteiger partial charge in [-0.25, -0.2) is 0 Å². The molecule has 0 aromatic rings. The molecule has 312 valence electrons. The number of ether oxygens (including phenoxy) is 6. The van der Waals surface area contributed by atoms with Crippen LogP contribution in [0.5, 0.6) is 0 Å². The Bertz CT molecular complexity index is 1240. The topological polar surface area (TPSA) is 368 Å². The summed E-state index contributed by atoms with van der Waals surface area (Å²) in [5, 5.41) is 81.4. The van der Waals surface area contributed by atoms with Crippen LogP contribution in [-0.4, -0.2) is 191 Å². The van der Waals surface area contributed by atoms with Gasteiger partial charge >= 0.3 is 0 Å². The first-order valence-corrected chi connectivity index (χ1v) is 18.7. The predicted molar refractivity (Wildman–Crippen MR) is 186 cm³/mol. The summed E-state index contributed by atoms with van der Waals surface area (Å²) in [5.41, 5.74) is 29.4. The third-order valence-electron chi connectivity index (χ3n) is 11.0. The van der Waals surface area contributed by atoms with Crippen molar-refractivity contribution in [1.29, 1.82) is 0 Å². The Balaban J connectivity index is 1.30. The van der Waals surface area contributed by atoms with Crippen LogP contribution in [0.4, 0.5) is 0 Å². The van der Waals surface area contributed by atoms with Crippen molar-refractivity contribution in [2.45, 2.75) is 136 Å². The van der Waals surface area contributed by atoms with E-state index in [1.807, 2.05) is 6.08 Å². The summed E-state index contributed by atoms with van der Waals surface area (Å²) in [6, 6.07) is -2.82. The van der Waals surface area contributed by atoms with E-state index in [4.69, 9.17) is 57.1 Å². The number of Topliss-reactive ketones (excluding diaryl/α,β-unsaturated/α-hetero) is 1. The van der Waals surface area contributed by atoms with Gasteiger partial charge in [-0.3, -0.25) is 4.79 Å². The Kier molecular flexibility index (Phi) is 15.5. The first kappa shape index (κ1) is 43.6. The van der Waals surface area contributed by atoms with E-state index in [-0.39, 0.29) is 32.5 Å². The van der Waals surface area contributed by atoms with E-state index in [1.54, 1.807) is 0 Å². The highest BCUT2D eigenvalue weighted by Gasteiger charge is 2.54. The second-order valence-electron chi connectivity index (χ2n) is 15.1. The van der Waals surface area contributed by atoms with Gasteiger partial charge in [0.05, 0.1) is 36.9 Å². The molecule has 0 aromatic heterocycles. The summed E-state index contributed by atoms with van der Waals surface area (Å²) < 4.78 is 36.1. The van der Waals surface area contributed by atoms with Crippen molar-refractivity contribution in [2.24, 2.45) is 34.6 Å². The van der Waals surface area contributed by atoms with Gasteiger partial charge in [0, 0.05) is 32.1 Å². The zero-order valence-corrected chi connectivity index (χ0v) is 30.3. The molecule has 4 fully saturated rings. The molecule has 21 heteroatoms. The minimum absolute atomic E-state index is 0.0564. The lowest BCUT2D eigenvalue weighted by Gasteiger charge is -2.46. The van der Waals surface area contributed by atoms with E-state index in [0.29, 0.717) is 44.7 Å². The molecule has 0 radical (unpaired) electrons. The third-order valence-corrected chi connectivity index (χ3v) is 11.0. The summed E-state index contributed by atoms with van der Waals surface area (Å²) >= 11 is 0.